The van der Waals surface area contributed by atoms with Gasteiger partial charge in [0.25, 0.3) is 0 Å². The molecular weight excluding hydrogens is 198 g/mol. The molecule has 1 aliphatic carbocycles. The molecule has 1 fully saturated rings. The van der Waals surface area contributed by atoms with Gasteiger partial charge >= 0.3 is 0 Å². The highest BCUT2D eigenvalue weighted by Crippen LogP contribution is 2.30. The molecule has 2 heteroatoms. The van der Waals surface area contributed by atoms with E-state index in [9.17, 15) is 0 Å². The molecule has 0 saturated heterocycles. The quantitative estimate of drug-likeness (QED) is 0.668. The van der Waals surface area contributed by atoms with Gasteiger partial charge in [-0.1, -0.05) is 26.2 Å². The van der Waals surface area contributed by atoms with E-state index < -0.39 is 0 Å². The van der Waals surface area contributed by atoms with Crippen LogP contribution in [0.2, 0.25) is 0 Å². The van der Waals surface area contributed by atoms with Crippen LogP contribution in [0.15, 0.2) is 0 Å². The van der Waals surface area contributed by atoms with E-state index in [1.54, 1.807) is 0 Å². The molecule has 0 spiro atoms. The third-order valence-corrected chi connectivity index (χ3v) is 3.88. The summed E-state index contributed by atoms with van der Waals surface area (Å²) in [5.74, 6) is 0.913. The first-order valence-electron chi connectivity index (χ1n) is 7.14. The second kappa shape index (κ2) is 8.08. The molecule has 1 rings (SSSR count). The monoisotopic (exact) mass is 227 g/mol. The maximum Gasteiger partial charge on any atom is 0.0431 e. The van der Waals surface area contributed by atoms with Crippen molar-refractivity contribution in [1.82, 2.24) is 5.32 Å². The largest absolute Gasteiger partial charge is 0.396 e. The Bertz CT molecular complexity index is 172. The molecule has 0 aliphatic heterocycles. The van der Waals surface area contributed by atoms with Gasteiger partial charge in [0.1, 0.15) is 0 Å². The van der Waals surface area contributed by atoms with Gasteiger partial charge in [-0.25, -0.2) is 0 Å². The van der Waals surface area contributed by atoms with E-state index in [1.165, 1.54) is 38.5 Å². The smallest absolute Gasteiger partial charge is 0.0431 e. The fourth-order valence-corrected chi connectivity index (χ4v) is 2.91. The summed E-state index contributed by atoms with van der Waals surface area (Å²) >= 11 is 0. The van der Waals surface area contributed by atoms with Crippen molar-refractivity contribution in [2.75, 3.05) is 6.61 Å². The highest BCUT2D eigenvalue weighted by molar-refractivity contribution is 4.84. The average molecular weight is 227 g/mol. The zero-order chi connectivity index (χ0) is 11.8. The summed E-state index contributed by atoms with van der Waals surface area (Å²) in [5.41, 5.74) is 0. The van der Waals surface area contributed by atoms with Crippen molar-refractivity contribution in [3.8, 4) is 0 Å². The van der Waals surface area contributed by atoms with Gasteiger partial charge in [-0.3, -0.25) is 0 Å². The van der Waals surface area contributed by atoms with E-state index in [-0.39, 0.29) is 0 Å². The molecule has 3 unspecified atom stereocenters. The van der Waals surface area contributed by atoms with Crippen molar-refractivity contribution >= 4 is 0 Å². The first-order valence-corrected chi connectivity index (χ1v) is 7.14. The minimum atomic E-state index is 0.329. The highest BCUT2D eigenvalue weighted by Gasteiger charge is 2.27. The van der Waals surface area contributed by atoms with Crippen molar-refractivity contribution in [2.45, 2.75) is 77.3 Å². The fraction of sp³-hybridized carbons (Fsp3) is 1.00. The zero-order valence-corrected chi connectivity index (χ0v) is 11.0. The Labute approximate surface area is 101 Å². The number of rotatable bonds is 8. The predicted octanol–water partition coefficient (Wildman–Crippen LogP) is 3.10. The van der Waals surface area contributed by atoms with Crippen molar-refractivity contribution in [2.24, 2.45) is 5.92 Å². The van der Waals surface area contributed by atoms with Crippen LogP contribution in [0.1, 0.15) is 65.2 Å². The molecule has 2 nitrogen and oxygen atoms in total. The Morgan fingerprint density at radius 2 is 2.12 bits per heavy atom. The summed E-state index contributed by atoms with van der Waals surface area (Å²) < 4.78 is 0. The molecule has 0 bridgehead atoms. The van der Waals surface area contributed by atoms with Gasteiger partial charge in [-0.15, -0.1) is 0 Å². The number of aliphatic hydroxyl groups excluding tert-OH is 1. The van der Waals surface area contributed by atoms with E-state index in [1.807, 2.05) is 0 Å². The second-order valence-electron chi connectivity index (χ2n) is 5.37. The molecule has 2 N–H and O–H groups in total. The molecule has 96 valence electrons. The number of aliphatic hydroxyl groups is 1. The van der Waals surface area contributed by atoms with Gasteiger partial charge in [0.05, 0.1) is 0 Å². The molecule has 1 aliphatic rings. The van der Waals surface area contributed by atoms with Crippen LogP contribution in [-0.4, -0.2) is 23.8 Å². The summed E-state index contributed by atoms with van der Waals surface area (Å²) in [4.78, 5) is 0. The van der Waals surface area contributed by atoms with Crippen molar-refractivity contribution < 1.29 is 5.11 Å². The Kier molecular flexibility index (Phi) is 7.06. The summed E-state index contributed by atoms with van der Waals surface area (Å²) in [7, 11) is 0. The summed E-state index contributed by atoms with van der Waals surface area (Å²) in [6, 6.07) is 1.32. The normalized spacial score (nSPS) is 27.2. The molecule has 16 heavy (non-hydrogen) atoms. The lowest BCUT2D eigenvalue weighted by atomic mass is 9.96. The lowest BCUT2D eigenvalue weighted by Gasteiger charge is -2.25. The lowest BCUT2D eigenvalue weighted by molar-refractivity contribution is 0.267. The molecule has 0 radical (unpaired) electrons. The first-order chi connectivity index (χ1) is 7.77. The Hall–Kier alpha value is -0.0800. The lowest BCUT2D eigenvalue weighted by Crippen LogP contribution is -2.39. The van der Waals surface area contributed by atoms with E-state index in [0.29, 0.717) is 12.6 Å². The van der Waals surface area contributed by atoms with Gasteiger partial charge < -0.3 is 10.4 Å². The summed E-state index contributed by atoms with van der Waals surface area (Å²) in [6.07, 6.45) is 10.3. The number of unbranched alkanes of at least 4 members (excludes halogenated alkanes) is 1. The summed E-state index contributed by atoms with van der Waals surface area (Å²) in [6.45, 7) is 4.86. The van der Waals surface area contributed by atoms with Gasteiger partial charge in [0.15, 0.2) is 0 Å². The minimum absolute atomic E-state index is 0.329. The maximum atomic E-state index is 8.82. The Morgan fingerprint density at radius 1 is 1.31 bits per heavy atom. The topological polar surface area (TPSA) is 32.3 Å². The molecular formula is C14H29NO. The SMILES string of the molecule is CCCCC1CCCC1NC(C)CCCO. The Balaban J connectivity index is 2.22. The molecule has 3 atom stereocenters. The third-order valence-electron chi connectivity index (χ3n) is 3.88. The highest BCUT2D eigenvalue weighted by atomic mass is 16.2. The van der Waals surface area contributed by atoms with Crippen LogP contribution in [0.25, 0.3) is 0 Å². The molecule has 0 aromatic carbocycles. The standard InChI is InChI=1S/C14H29NO/c1-3-4-8-13-9-5-10-14(13)15-12(2)7-6-11-16/h12-16H,3-11H2,1-2H3. The summed E-state index contributed by atoms with van der Waals surface area (Å²) in [5, 5.41) is 12.6. The van der Waals surface area contributed by atoms with Crippen LogP contribution < -0.4 is 5.32 Å². The van der Waals surface area contributed by atoms with Crippen LogP contribution in [-0.2, 0) is 0 Å². The molecule has 0 heterocycles. The molecule has 0 aromatic rings. The average Bonchev–Trinajstić information content (AvgIpc) is 2.71. The van der Waals surface area contributed by atoms with Crippen molar-refractivity contribution in [1.29, 1.82) is 0 Å². The number of hydrogen-bond donors (Lipinski definition) is 2. The van der Waals surface area contributed by atoms with Gasteiger partial charge in [0, 0.05) is 18.7 Å². The number of nitrogens with one attached hydrogen (secondary N) is 1. The van der Waals surface area contributed by atoms with E-state index in [0.717, 1.165) is 24.8 Å². The van der Waals surface area contributed by atoms with Crippen LogP contribution in [0.4, 0.5) is 0 Å². The van der Waals surface area contributed by atoms with Gasteiger partial charge in [-0.05, 0) is 44.9 Å². The van der Waals surface area contributed by atoms with E-state index in [2.05, 4.69) is 19.2 Å². The van der Waals surface area contributed by atoms with Crippen LogP contribution in [0.3, 0.4) is 0 Å². The van der Waals surface area contributed by atoms with Crippen molar-refractivity contribution in [3.05, 3.63) is 0 Å². The second-order valence-corrected chi connectivity index (χ2v) is 5.37. The fourth-order valence-electron chi connectivity index (χ4n) is 2.91. The predicted molar refractivity (Wildman–Crippen MR) is 69.6 cm³/mol. The molecule has 1 saturated carbocycles. The van der Waals surface area contributed by atoms with Gasteiger partial charge in [0.2, 0.25) is 0 Å². The molecule has 0 aromatic heterocycles. The van der Waals surface area contributed by atoms with Crippen LogP contribution >= 0.6 is 0 Å². The van der Waals surface area contributed by atoms with Gasteiger partial charge in [-0.2, -0.15) is 0 Å². The van der Waals surface area contributed by atoms with E-state index in [4.69, 9.17) is 5.11 Å². The number of hydrogen-bond acceptors (Lipinski definition) is 2. The zero-order valence-electron chi connectivity index (χ0n) is 11.0. The van der Waals surface area contributed by atoms with E-state index >= 15 is 0 Å². The maximum absolute atomic E-state index is 8.82. The Morgan fingerprint density at radius 3 is 2.81 bits per heavy atom. The van der Waals surface area contributed by atoms with Crippen LogP contribution in [0.5, 0.6) is 0 Å². The minimum Gasteiger partial charge on any atom is -0.396 e. The first kappa shape index (κ1) is 14.0. The molecule has 0 amide bonds. The van der Waals surface area contributed by atoms with Crippen LogP contribution in [0, 0.1) is 5.92 Å². The van der Waals surface area contributed by atoms with Crippen molar-refractivity contribution in [3.63, 3.8) is 0 Å². The third kappa shape index (κ3) is 4.84.